The van der Waals surface area contributed by atoms with E-state index in [1.807, 2.05) is 0 Å². The van der Waals surface area contributed by atoms with Gasteiger partial charge in [-0.25, -0.2) is 0 Å². The second-order valence-electron chi connectivity index (χ2n) is 16.4. The zero-order chi connectivity index (χ0) is 41.7. The molecule has 18 heteroatoms. The molecule has 0 bridgehead atoms. The molecule has 0 aromatic heterocycles. The summed E-state index contributed by atoms with van der Waals surface area (Å²) in [7, 11) is 0. The first kappa shape index (κ1) is 43.3. The molecule has 1 unspecified atom stereocenters. The van der Waals surface area contributed by atoms with E-state index < -0.39 is 137 Å². The summed E-state index contributed by atoms with van der Waals surface area (Å²) in [5.41, 5.74) is -6.59. The summed E-state index contributed by atoms with van der Waals surface area (Å²) >= 11 is 0. The van der Waals surface area contributed by atoms with Crippen LogP contribution >= 0.6 is 0 Å². The SMILES string of the molecule is CC(=O)OC[C@@]12[C@@H]3[C@@H](CC[C@]1(O)C[C@@H](O[C@@H]1O[C@@H](C)[C@H](OC(C)=O)[C@@H](OC(C)=O)[C@H]1OC(C)=O)C[C@H]2OC(C)=O)[C@@]1(O)CCC(C(=O)O)[C@@]1(C)C[C@H]3OC(C)=O. The summed E-state index contributed by atoms with van der Waals surface area (Å²) in [6, 6.07) is 0. The Morgan fingerprint density at radius 1 is 0.714 bits per heavy atom. The molecule has 0 aromatic rings. The first-order valence-corrected chi connectivity index (χ1v) is 19.0. The lowest BCUT2D eigenvalue weighted by Crippen LogP contribution is -2.77. The number of esters is 6. The van der Waals surface area contributed by atoms with Crippen LogP contribution in [-0.4, -0.2) is 124 Å². The van der Waals surface area contributed by atoms with Crippen LogP contribution in [0, 0.1) is 28.6 Å². The van der Waals surface area contributed by atoms with E-state index in [0.717, 1.165) is 34.6 Å². The van der Waals surface area contributed by atoms with Crippen LogP contribution in [0.2, 0.25) is 0 Å². The van der Waals surface area contributed by atoms with Gasteiger partial charge in [0.1, 0.15) is 18.8 Å². The van der Waals surface area contributed by atoms with E-state index in [0.29, 0.717) is 0 Å². The van der Waals surface area contributed by atoms with Gasteiger partial charge in [-0.1, -0.05) is 6.92 Å². The van der Waals surface area contributed by atoms with E-state index >= 15 is 0 Å². The van der Waals surface area contributed by atoms with Crippen molar-refractivity contribution in [2.24, 2.45) is 28.6 Å². The number of rotatable bonds is 10. The number of hydrogen-bond donors (Lipinski definition) is 3. The highest BCUT2D eigenvalue weighted by Crippen LogP contribution is 2.71. The minimum Gasteiger partial charge on any atom is -0.481 e. The summed E-state index contributed by atoms with van der Waals surface area (Å²) in [4.78, 5) is 87.5. The molecule has 4 aliphatic carbocycles. The average Bonchev–Trinajstić information content (AvgIpc) is 3.33. The van der Waals surface area contributed by atoms with Crippen LogP contribution in [0.25, 0.3) is 0 Å². The highest BCUT2D eigenvalue weighted by Gasteiger charge is 2.77. The van der Waals surface area contributed by atoms with Gasteiger partial charge in [0.25, 0.3) is 0 Å². The fraction of sp³-hybridized carbons (Fsp3) is 0.816. The fourth-order valence-electron chi connectivity index (χ4n) is 11.1. The van der Waals surface area contributed by atoms with Gasteiger partial charge in [-0.05, 0) is 44.9 Å². The zero-order valence-corrected chi connectivity index (χ0v) is 33.0. The van der Waals surface area contributed by atoms with Gasteiger partial charge in [-0.2, -0.15) is 0 Å². The molecule has 15 atom stereocenters. The monoisotopic (exact) mass is 798 g/mol. The van der Waals surface area contributed by atoms with Gasteiger partial charge in [-0.3, -0.25) is 33.6 Å². The highest BCUT2D eigenvalue weighted by atomic mass is 16.7. The minimum atomic E-state index is -1.94. The van der Waals surface area contributed by atoms with E-state index in [1.165, 1.54) is 13.8 Å². The number of carboxylic acid groups (broad SMARTS) is 1. The normalized spacial score (nSPS) is 42.7. The largest absolute Gasteiger partial charge is 0.481 e. The van der Waals surface area contributed by atoms with Crippen LogP contribution in [0.4, 0.5) is 0 Å². The summed E-state index contributed by atoms with van der Waals surface area (Å²) in [6.45, 7) is 9.51. The van der Waals surface area contributed by atoms with Crippen LogP contribution in [0.1, 0.15) is 100 Å². The first-order valence-electron chi connectivity index (χ1n) is 19.0. The number of aliphatic carboxylic acids is 1. The van der Waals surface area contributed by atoms with E-state index in [4.69, 9.17) is 37.9 Å². The minimum absolute atomic E-state index is 0.0874. The van der Waals surface area contributed by atoms with Crippen molar-refractivity contribution >= 4 is 41.8 Å². The Hall–Kier alpha value is -3.87. The average molecular weight is 799 g/mol. The summed E-state index contributed by atoms with van der Waals surface area (Å²) in [5, 5.41) is 36.0. The van der Waals surface area contributed by atoms with Crippen molar-refractivity contribution in [3.05, 3.63) is 0 Å². The molecule has 314 valence electrons. The molecular weight excluding hydrogens is 744 g/mol. The van der Waals surface area contributed by atoms with Crippen LogP contribution < -0.4 is 0 Å². The molecule has 1 heterocycles. The maximum atomic E-state index is 13.1. The molecule has 3 N–H and O–H groups in total. The maximum absolute atomic E-state index is 13.1. The molecule has 18 nitrogen and oxygen atoms in total. The topological polar surface area (TPSA) is 254 Å². The van der Waals surface area contributed by atoms with E-state index in [1.54, 1.807) is 6.92 Å². The lowest BCUT2D eigenvalue weighted by molar-refractivity contribution is -0.344. The molecule has 5 aliphatic rings. The van der Waals surface area contributed by atoms with E-state index in [-0.39, 0.29) is 44.9 Å². The van der Waals surface area contributed by atoms with Gasteiger partial charge in [-0.15, -0.1) is 0 Å². The fourth-order valence-corrected chi connectivity index (χ4v) is 11.1. The van der Waals surface area contributed by atoms with Gasteiger partial charge in [0.15, 0.2) is 24.6 Å². The third kappa shape index (κ3) is 7.61. The predicted molar refractivity (Wildman–Crippen MR) is 184 cm³/mol. The van der Waals surface area contributed by atoms with E-state index in [2.05, 4.69) is 0 Å². The maximum Gasteiger partial charge on any atom is 0.307 e. The molecule has 0 radical (unpaired) electrons. The highest BCUT2D eigenvalue weighted by molar-refractivity contribution is 5.72. The third-order valence-corrected chi connectivity index (χ3v) is 13.0. The Morgan fingerprint density at radius 3 is 1.84 bits per heavy atom. The third-order valence-electron chi connectivity index (χ3n) is 13.0. The molecule has 5 fully saturated rings. The van der Waals surface area contributed by atoms with Crippen molar-refractivity contribution in [3.8, 4) is 0 Å². The lowest BCUT2D eigenvalue weighted by atomic mass is 9.40. The number of fused-ring (bicyclic) bond motifs is 5. The quantitative estimate of drug-likeness (QED) is 0.161. The molecule has 0 amide bonds. The summed E-state index contributed by atoms with van der Waals surface area (Å²) in [5.74, 6) is -8.48. The summed E-state index contributed by atoms with van der Waals surface area (Å²) < 4.78 is 46.7. The van der Waals surface area contributed by atoms with Gasteiger partial charge < -0.3 is 53.2 Å². The van der Waals surface area contributed by atoms with Gasteiger partial charge in [0.05, 0.1) is 34.7 Å². The molecular formula is C38H54O18. The van der Waals surface area contributed by atoms with Crippen LogP contribution in [0.3, 0.4) is 0 Å². The number of carboxylic acids is 1. The van der Waals surface area contributed by atoms with Gasteiger partial charge in [0.2, 0.25) is 0 Å². The number of carbonyl (C=O) groups is 7. The molecule has 0 spiro atoms. The predicted octanol–water partition coefficient (Wildman–Crippen LogP) is 1.51. The Morgan fingerprint density at radius 2 is 1.29 bits per heavy atom. The molecule has 1 saturated heterocycles. The Bertz CT molecular complexity index is 1600. The summed E-state index contributed by atoms with van der Waals surface area (Å²) in [6.07, 6.45) is -10.4. The number of hydrogen-bond acceptors (Lipinski definition) is 17. The Labute approximate surface area is 324 Å². The molecule has 5 rings (SSSR count). The van der Waals surface area contributed by atoms with Gasteiger partial charge >= 0.3 is 41.8 Å². The van der Waals surface area contributed by atoms with Crippen LogP contribution in [0.5, 0.6) is 0 Å². The number of ether oxygens (including phenoxy) is 8. The molecule has 1 aliphatic heterocycles. The smallest absolute Gasteiger partial charge is 0.307 e. The Balaban J connectivity index is 1.61. The van der Waals surface area contributed by atoms with E-state index in [9.17, 15) is 48.9 Å². The van der Waals surface area contributed by atoms with Crippen molar-refractivity contribution in [2.45, 2.75) is 161 Å². The molecule has 4 saturated carbocycles. The lowest BCUT2D eigenvalue weighted by Gasteiger charge is -2.68. The zero-order valence-electron chi connectivity index (χ0n) is 33.0. The van der Waals surface area contributed by atoms with Crippen molar-refractivity contribution in [1.82, 2.24) is 0 Å². The molecule has 56 heavy (non-hydrogen) atoms. The van der Waals surface area contributed by atoms with Crippen molar-refractivity contribution in [2.75, 3.05) is 6.61 Å². The van der Waals surface area contributed by atoms with Crippen LogP contribution in [0.15, 0.2) is 0 Å². The van der Waals surface area contributed by atoms with Crippen molar-refractivity contribution < 1.29 is 86.8 Å². The van der Waals surface area contributed by atoms with Gasteiger partial charge in [0, 0.05) is 65.7 Å². The van der Waals surface area contributed by atoms with Crippen LogP contribution in [-0.2, 0) is 71.5 Å². The standard InChI is InChI=1S/C38H54O18/c1-17-30(53-21(5)42)31(54-22(6)43)32(55-23(7)44)34(50-17)56-24-13-28(52-20(4)41)37(16-49-18(2)39)29-25(9-11-36(37,47)14-24)38(48)12-10-26(33(45)46)35(38,8)15-27(29)51-19(3)40/h17,24-32,34,47-48H,9-16H2,1-8H3,(H,45,46)/t17-,24-,25+,26?,27+,28+,29+,30-,31+,32+,34-,35+,36-,37+,38-/m0/s1. The van der Waals surface area contributed by atoms with Crippen molar-refractivity contribution in [3.63, 3.8) is 0 Å². The first-order chi connectivity index (χ1) is 26.0. The molecule has 0 aromatic carbocycles. The second kappa shape index (κ2) is 15.8. The number of aliphatic hydroxyl groups is 2. The number of carbonyl (C=O) groups excluding carboxylic acids is 6. The second-order valence-corrected chi connectivity index (χ2v) is 16.4. The Kier molecular flexibility index (Phi) is 12.2. The van der Waals surface area contributed by atoms with Crippen molar-refractivity contribution in [1.29, 1.82) is 0 Å².